The normalized spacial score (nSPS) is 11.8. The van der Waals surface area contributed by atoms with E-state index in [1.165, 1.54) is 0 Å². The first-order valence-electron chi connectivity index (χ1n) is 5.90. The summed E-state index contributed by atoms with van der Waals surface area (Å²) >= 11 is 0. The number of aromatic amines is 1. The largest absolute Gasteiger partial charge is 0.431 e. The lowest BCUT2D eigenvalue weighted by Crippen LogP contribution is -2.08. The molecule has 1 aromatic heterocycles. The highest BCUT2D eigenvalue weighted by Crippen LogP contribution is 2.37. The first-order valence-corrected chi connectivity index (χ1v) is 5.90. The van der Waals surface area contributed by atoms with Crippen molar-refractivity contribution in [1.82, 2.24) is 4.98 Å². The van der Waals surface area contributed by atoms with Crippen LogP contribution >= 0.6 is 0 Å². The van der Waals surface area contributed by atoms with E-state index in [1.54, 1.807) is 13.0 Å². The Morgan fingerprint density at radius 1 is 1.26 bits per heavy atom. The number of H-pyrrole nitrogens is 1. The van der Waals surface area contributed by atoms with Gasteiger partial charge in [0.25, 0.3) is 0 Å². The second-order valence-corrected chi connectivity index (χ2v) is 4.64. The third kappa shape index (κ3) is 2.43. The molecule has 0 aliphatic rings. The lowest BCUT2D eigenvalue weighted by atomic mass is 10.0. The summed E-state index contributed by atoms with van der Waals surface area (Å²) in [5.74, 6) is 0. The number of fused-ring (bicyclic) bond motifs is 1. The standard InChI is InChI=1S/C14H13F3N2/c1-8-6-9(2)12-11(7-8)10(4-3-5-18)13(19-12)14(15,16)17/h6-7,19H,3-4H2,1-2H3. The van der Waals surface area contributed by atoms with Gasteiger partial charge in [-0.2, -0.15) is 18.4 Å². The highest BCUT2D eigenvalue weighted by Gasteiger charge is 2.36. The number of aryl methyl sites for hydroxylation is 3. The molecule has 1 heterocycles. The Balaban J connectivity index is 2.74. The topological polar surface area (TPSA) is 39.6 Å². The van der Waals surface area contributed by atoms with Crippen LogP contribution in [-0.2, 0) is 12.6 Å². The molecular formula is C14H13F3N2. The van der Waals surface area contributed by atoms with Crippen LogP contribution in [0.5, 0.6) is 0 Å². The van der Waals surface area contributed by atoms with Gasteiger partial charge in [-0.1, -0.05) is 11.6 Å². The summed E-state index contributed by atoms with van der Waals surface area (Å²) in [7, 11) is 0. The Morgan fingerprint density at radius 3 is 2.53 bits per heavy atom. The molecule has 0 fully saturated rings. The molecule has 100 valence electrons. The van der Waals surface area contributed by atoms with Crippen LogP contribution in [0.25, 0.3) is 10.9 Å². The smallest absolute Gasteiger partial charge is 0.351 e. The molecule has 0 atom stereocenters. The van der Waals surface area contributed by atoms with Crippen molar-refractivity contribution in [2.75, 3.05) is 0 Å². The Labute approximate surface area is 108 Å². The second-order valence-electron chi connectivity index (χ2n) is 4.64. The number of halogens is 3. The van der Waals surface area contributed by atoms with Crippen molar-refractivity contribution in [2.24, 2.45) is 0 Å². The molecule has 1 N–H and O–H groups in total. The fraction of sp³-hybridized carbons (Fsp3) is 0.357. The van der Waals surface area contributed by atoms with Gasteiger partial charge >= 0.3 is 6.18 Å². The first-order chi connectivity index (χ1) is 8.84. The molecule has 0 amide bonds. The van der Waals surface area contributed by atoms with Crippen LogP contribution in [0.3, 0.4) is 0 Å². The molecule has 0 saturated carbocycles. The molecule has 0 bridgehead atoms. The molecule has 2 nitrogen and oxygen atoms in total. The maximum atomic E-state index is 13.0. The number of benzene rings is 1. The molecule has 5 heteroatoms. The van der Waals surface area contributed by atoms with Crippen molar-refractivity contribution in [1.29, 1.82) is 5.26 Å². The molecule has 19 heavy (non-hydrogen) atoms. The zero-order valence-corrected chi connectivity index (χ0v) is 10.7. The molecule has 0 radical (unpaired) electrons. The lowest BCUT2D eigenvalue weighted by molar-refractivity contribution is -0.141. The number of hydrogen-bond acceptors (Lipinski definition) is 1. The Hall–Kier alpha value is -1.96. The van der Waals surface area contributed by atoms with E-state index >= 15 is 0 Å². The van der Waals surface area contributed by atoms with E-state index in [9.17, 15) is 13.2 Å². The SMILES string of the molecule is Cc1cc(C)c2[nH]c(C(F)(F)F)c(CCC#N)c2c1. The van der Waals surface area contributed by atoms with Gasteiger partial charge in [0.2, 0.25) is 0 Å². The van der Waals surface area contributed by atoms with Gasteiger partial charge in [0.15, 0.2) is 0 Å². The van der Waals surface area contributed by atoms with Gasteiger partial charge in [-0.05, 0) is 37.5 Å². The fourth-order valence-corrected chi connectivity index (χ4v) is 2.39. The zero-order chi connectivity index (χ0) is 14.2. The zero-order valence-electron chi connectivity index (χ0n) is 10.7. The number of rotatable bonds is 2. The van der Waals surface area contributed by atoms with Crippen molar-refractivity contribution in [2.45, 2.75) is 32.9 Å². The fourth-order valence-electron chi connectivity index (χ4n) is 2.39. The number of hydrogen-bond donors (Lipinski definition) is 1. The number of alkyl halides is 3. The Bertz CT molecular complexity index is 660. The van der Waals surface area contributed by atoms with Gasteiger partial charge in [-0.3, -0.25) is 0 Å². The van der Waals surface area contributed by atoms with Gasteiger partial charge in [0, 0.05) is 17.3 Å². The lowest BCUT2D eigenvalue weighted by Gasteiger charge is -2.06. The summed E-state index contributed by atoms with van der Waals surface area (Å²) in [6.07, 6.45) is -4.25. The Morgan fingerprint density at radius 2 is 1.95 bits per heavy atom. The third-order valence-corrected chi connectivity index (χ3v) is 3.13. The van der Waals surface area contributed by atoms with Gasteiger partial charge in [0.1, 0.15) is 5.69 Å². The number of nitrogens with one attached hydrogen (secondary N) is 1. The van der Waals surface area contributed by atoms with Crippen molar-refractivity contribution in [3.05, 3.63) is 34.5 Å². The van der Waals surface area contributed by atoms with Crippen LogP contribution in [0.1, 0.15) is 28.8 Å². The summed E-state index contributed by atoms with van der Waals surface area (Å²) in [4.78, 5) is 2.47. The molecule has 0 spiro atoms. The molecule has 0 unspecified atom stereocenters. The number of aromatic nitrogens is 1. The van der Waals surface area contributed by atoms with Crippen LogP contribution in [0.4, 0.5) is 13.2 Å². The molecular weight excluding hydrogens is 253 g/mol. The minimum Gasteiger partial charge on any atom is -0.351 e. The summed E-state index contributed by atoms with van der Waals surface area (Å²) in [6, 6.07) is 5.47. The quantitative estimate of drug-likeness (QED) is 0.866. The second kappa shape index (κ2) is 4.61. The summed E-state index contributed by atoms with van der Waals surface area (Å²) < 4.78 is 39.1. The molecule has 2 aromatic rings. The minimum atomic E-state index is -4.43. The molecule has 0 saturated heterocycles. The van der Waals surface area contributed by atoms with Crippen molar-refractivity contribution in [3.63, 3.8) is 0 Å². The predicted molar refractivity (Wildman–Crippen MR) is 66.7 cm³/mol. The molecule has 1 aromatic carbocycles. The van der Waals surface area contributed by atoms with Gasteiger partial charge in [-0.25, -0.2) is 0 Å². The van der Waals surface area contributed by atoms with Crippen LogP contribution in [0, 0.1) is 25.2 Å². The number of nitriles is 1. The maximum Gasteiger partial charge on any atom is 0.431 e. The average molecular weight is 266 g/mol. The van der Waals surface area contributed by atoms with Crippen molar-refractivity contribution >= 4 is 10.9 Å². The highest BCUT2D eigenvalue weighted by atomic mass is 19.4. The molecule has 2 rings (SSSR count). The van der Waals surface area contributed by atoms with E-state index in [4.69, 9.17) is 5.26 Å². The van der Waals surface area contributed by atoms with E-state index in [0.29, 0.717) is 10.9 Å². The summed E-state index contributed by atoms with van der Waals surface area (Å²) in [5, 5.41) is 9.17. The van der Waals surface area contributed by atoms with E-state index in [0.717, 1.165) is 11.1 Å². The van der Waals surface area contributed by atoms with Gasteiger partial charge in [-0.15, -0.1) is 0 Å². The van der Waals surface area contributed by atoms with E-state index in [2.05, 4.69) is 4.98 Å². The maximum absolute atomic E-state index is 13.0. The average Bonchev–Trinajstić information content (AvgIpc) is 2.65. The highest BCUT2D eigenvalue weighted by molar-refractivity contribution is 5.88. The summed E-state index contributed by atoms with van der Waals surface area (Å²) in [5.41, 5.74) is 1.66. The third-order valence-electron chi connectivity index (χ3n) is 3.13. The minimum absolute atomic E-state index is 0.0724. The van der Waals surface area contributed by atoms with Crippen LogP contribution < -0.4 is 0 Å². The van der Waals surface area contributed by atoms with E-state index in [1.807, 2.05) is 19.1 Å². The number of nitrogens with zero attached hydrogens (tertiary/aromatic N) is 1. The monoisotopic (exact) mass is 266 g/mol. The first kappa shape index (κ1) is 13.5. The predicted octanol–water partition coefficient (Wildman–Crippen LogP) is 4.26. The van der Waals surface area contributed by atoms with Crippen LogP contribution in [0.2, 0.25) is 0 Å². The van der Waals surface area contributed by atoms with Gasteiger partial charge in [0.05, 0.1) is 6.07 Å². The van der Waals surface area contributed by atoms with Gasteiger partial charge < -0.3 is 4.98 Å². The van der Waals surface area contributed by atoms with Crippen molar-refractivity contribution < 1.29 is 13.2 Å². The van der Waals surface area contributed by atoms with E-state index < -0.39 is 11.9 Å². The van der Waals surface area contributed by atoms with E-state index in [-0.39, 0.29) is 18.4 Å². The van der Waals surface area contributed by atoms with Crippen molar-refractivity contribution in [3.8, 4) is 6.07 Å². The molecule has 0 aliphatic heterocycles. The summed E-state index contributed by atoms with van der Waals surface area (Å²) in [6.45, 7) is 3.63. The molecule has 0 aliphatic carbocycles. The van der Waals surface area contributed by atoms with Crippen LogP contribution in [0.15, 0.2) is 12.1 Å². The Kier molecular flexibility index (Phi) is 3.27. The van der Waals surface area contributed by atoms with Crippen LogP contribution in [-0.4, -0.2) is 4.98 Å².